The Morgan fingerprint density at radius 3 is 2.82 bits per heavy atom. The van der Waals surface area contributed by atoms with E-state index in [9.17, 15) is 0 Å². The molecule has 1 aliphatic rings. The van der Waals surface area contributed by atoms with Crippen molar-refractivity contribution in [2.24, 2.45) is 5.41 Å². The highest BCUT2D eigenvalue weighted by Gasteiger charge is 2.32. The highest BCUT2D eigenvalue weighted by molar-refractivity contribution is 9.10. The Morgan fingerprint density at radius 2 is 2.24 bits per heavy atom. The number of nitrogens with one attached hydrogen (secondary N) is 1. The fraction of sp³-hybridized carbons (Fsp3) is 0.538. The number of methoxy groups -OCH3 is 1. The molecule has 1 aromatic rings. The lowest BCUT2D eigenvalue weighted by Gasteiger charge is -2.38. The molecule has 0 aromatic heterocycles. The minimum Gasteiger partial charge on any atom is -0.496 e. The maximum Gasteiger partial charge on any atom is 0.123 e. The van der Waals surface area contributed by atoms with Crippen molar-refractivity contribution in [3.63, 3.8) is 0 Å². The summed E-state index contributed by atoms with van der Waals surface area (Å²) in [4.78, 5) is 0. The van der Waals surface area contributed by atoms with Gasteiger partial charge in [-0.25, -0.2) is 0 Å². The van der Waals surface area contributed by atoms with Crippen LogP contribution in [0.5, 0.6) is 5.75 Å². The standard InChI is InChI=1S/C13H18BrNO2/c1-13(8-17-9-13)7-15-6-10-5-11(14)3-4-12(10)16-2/h3-5,15H,6-9H2,1-2H3. The summed E-state index contributed by atoms with van der Waals surface area (Å²) in [6.07, 6.45) is 0. The summed E-state index contributed by atoms with van der Waals surface area (Å²) in [5.41, 5.74) is 1.48. The summed E-state index contributed by atoms with van der Waals surface area (Å²) in [6, 6.07) is 6.06. The van der Waals surface area contributed by atoms with Crippen LogP contribution in [0.25, 0.3) is 0 Å². The molecule has 0 aliphatic carbocycles. The molecule has 4 heteroatoms. The smallest absolute Gasteiger partial charge is 0.123 e. The van der Waals surface area contributed by atoms with Gasteiger partial charge in [-0.3, -0.25) is 0 Å². The second kappa shape index (κ2) is 5.38. The zero-order valence-electron chi connectivity index (χ0n) is 10.3. The molecule has 1 saturated heterocycles. The van der Waals surface area contributed by atoms with Crippen molar-refractivity contribution in [1.29, 1.82) is 0 Å². The van der Waals surface area contributed by atoms with Crippen molar-refractivity contribution in [3.05, 3.63) is 28.2 Å². The van der Waals surface area contributed by atoms with Crippen molar-refractivity contribution in [1.82, 2.24) is 5.32 Å². The van der Waals surface area contributed by atoms with Gasteiger partial charge >= 0.3 is 0 Å². The van der Waals surface area contributed by atoms with Crippen molar-refractivity contribution in [2.75, 3.05) is 26.9 Å². The molecule has 0 saturated carbocycles. The molecule has 1 heterocycles. The van der Waals surface area contributed by atoms with Crippen LogP contribution in [0.3, 0.4) is 0 Å². The Bertz CT molecular complexity index is 391. The first-order valence-corrected chi connectivity index (χ1v) is 6.53. The molecular formula is C13H18BrNO2. The Kier molecular flexibility index (Phi) is 4.07. The van der Waals surface area contributed by atoms with Gasteiger partial charge in [0.1, 0.15) is 5.75 Å². The number of rotatable bonds is 5. The fourth-order valence-corrected chi connectivity index (χ4v) is 2.35. The Labute approximate surface area is 111 Å². The highest BCUT2D eigenvalue weighted by Crippen LogP contribution is 2.26. The first kappa shape index (κ1) is 12.9. The summed E-state index contributed by atoms with van der Waals surface area (Å²) in [6.45, 7) is 5.74. The van der Waals surface area contributed by atoms with Crippen molar-refractivity contribution < 1.29 is 9.47 Å². The third-order valence-electron chi connectivity index (χ3n) is 3.01. The van der Waals surface area contributed by atoms with E-state index in [4.69, 9.17) is 9.47 Å². The molecule has 1 aliphatic heterocycles. The van der Waals surface area contributed by atoms with Gasteiger partial charge in [-0.05, 0) is 18.2 Å². The molecule has 0 unspecified atom stereocenters. The Balaban J connectivity index is 1.91. The zero-order valence-corrected chi connectivity index (χ0v) is 11.8. The Morgan fingerprint density at radius 1 is 1.47 bits per heavy atom. The van der Waals surface area contributed by atoms with Crippen LogP contribution < -0.4 is 10.1 Å². The third kappa shape index (κ3) is 3.21. The van der Waals surface area contributed by atoms with Crippen LogP contribution in [-0.2, 0) is 11.3 Å². The van der Waals surface area contributed by atoms with Crippen molar-refractivity contribution in [2.45, 2.75) is 13.5 Å². The largest absolute Gasteiger partial charge is 0.496 e. The van der Waals surface area contributed by atoms with Crippen LogP contribution in [0.2, 0.25) is 0 Å². The summed E-state index contributed by atoms with van der Waals surface area (Å²) >= 11 is 3.48. The van der Waals surface area contributed by atoms with E-state index in [0.29, 0.717) is 5.41 Å². The number of hydrogen-bond acceptors (Lipinski definition) is 3. The normalized spacial score (nSPS) is 17.6. The molecule has 0 radical (unpaired) electrons. The molecular weight excluding hydrogens is 282 g/mol. The van der Waals surface area contributed by atoms with Crippen LogP contribution in [0.15, 0.2) is 22.7 Å². The van der Waals surface area contributed by atoms with E-state index in [-0.39, 0.29) is 0 Å². The quantitative estimate of drug-likeness (QED) is 0.906. The Hall–Kier alpha value is -0.580. The molecule has 1 fully saturated rings. The zero-order chi connectivity index (χ0) is 12.3. The van der Waals surface area contributed by atoms with Gasteiger partial charge in [0.2, 0.25) is 0 Å². The number of benzene rings is 1. The minimum absolute atomic E-state index is 0.305. The molecule has 0 spiro atoms. The first-order valence-electron chi connectivity index (χ1n) is 5.74. The number of ether oxygens (including phenoxy) is 2. The average molecular weight is 300 g/mol. The van der Waals surface area contributed by atoms with E-state index in [2.05, 4.69) is 34.2 Å². The predicted molar refractivity (Wildman–Crippen MR) is 71.3 cm³/mol. The van der Waals surface area contributed by atoms with E-state index >= 15 is 0 Å². The van der Waals surface area contributed by atoms with Gasteiger partial charge in [0.15, 0.2) is 0 Å². The van der Waals surface area contributed by atoms with Crippen LogP contribution in [0, 0.1) is 5.41 Å². The first-order chi connectivity index (χ1) is 8.13. The topological polar surface area (TPSA) is 30.5 Å². The lowest BCUT2D eigenvalue weighted by atomic mass is 9.89. The average Bonchev–Trinajstić information content (AvgIpc) is 2.27. The van der Waals surface area contributed by atoms with E-state index in [1.54, 1.807) is 7.11 Å². The van der Waals surface area contributed by atoms with Crippen molar-refractivity contribution >= 4 is 15.9 Å². The van der Waals surface area contributed by atoms with Gasteiger partial charge in [-0.1, -0.05) is 22.9 Å². The molecule has 17 heavy (non-hydrogen) atoms. The van der Waals surface area contributed by atoms with Gasteiger partial charge in [-0.15, -0.1) is 0 Å². The maximum atomic E-state index is 5.34. The molecule has 94 valence electrons. The molecule has 3 nitrogen and oxygen atoms in total. The van der Waals surface area contributed by atoms with Crippen LogP contribution in [0.1, 0.15) is 12.5 Å². The summed E-state index contributed by atoms with van der Waals surface area (Å²) < 4.78 is 11.6. The second-order valence-electron chi connectivity index (χ2n) is 4.86. The van der Waals surface area contributed by atoms with E-state index in [1.807, 2.05) is 12.1 Å². The summed E-state index contributed by atoms with van der Waals surface area (Å²) in [5.74, 6) is 0.927. The minimum atomic E-state index is 0.305. The lowest BCUT2D eigenvalue weighted by Crippen LogP contribution is -2.47. The van der Waals surface area contributed by atoms with Gasteiger partial charge in [0.25, 0.3) is 0 Å². The van der Waals surface area contributed by atoms with Gasteiger partial charge in [0, 0.05) is 28.5 Å². The summed E-state index contributed by atoms with van der Waals surface area (Å²) in [7, 11) is 1.70. The highest BCUT2D eigenvalue weighted by atomic mass is 79.9. The van der Waals surface area contributed by atoms with Crippen molar-refractivity contribution in [3.8, 4) is 5.75 Å². The van der Waals surface area contributed by atoms with E-state index < -0.39 is 0 Å². The lowest BCUT2D eigenvalue weighted by molar-refractivity contribution is -0.0991. The molecule has 1 aromatic carbocycles. The molecule has 0 atom stereocenters. The molecule has 2 rings (SSSR count). The van der Waals surface area contributed by atoms with Crippen LogP contribution in [-0.4, -0.2) is 26.9 Å². The molecule has 1 N–H and O–H groups in total. The van der Waals surface area contributed by atoms with Crippen LogP contribution >= 0.6 is 15.9 Å². The monoisotopic (exact) mass is 299 g/mol. The van der Waals surface area contributed by atoms with Gasteiger partial charge < -0.3 is 14.8 Å². The van der Waals surface area contributed by atoms with Gasteiger partial charge in [0.05, 0.1) is 20.3 Å². The predicted octanol–water partition coefficient (Wildman–Crippen LogP) is 2.58. The summed E-state index contributed by atoms with van der Waals surface area (Å²) in [5, 5.41) is 3.47. The van der Waals surface area contributed by atoms with E-state index in [0.717, 1.165) is 36.5 Å². The molecule has 0 bridgehead atoms. The van der Waals surface area contributed by atoms with E-state index in [1.165, 1.54) is 5.56 Å². The van der Waals surface area contributed by atoms with Crippen LogP contribution in [0.4, 0.5) is 0 Å². The SMILES string of the molecule is COc1ccc(Br)cc1CNCC1(C)COC1. The fourth-order valence-electron chi connectivity index (χ4n) is 1.94. The second-order valence-corrected chi connectivity index (χ2v) is 5.78. The number of hydrogen-bond donors (Lipinski definition) is 1. The third-order valence-corrected chi connectivity index (χ3v) is 3.50. The number of halogens is 1. The maximum absolute atomic E-state index is 5.34. The molecule has 0 amide bonds. The van der Waals surface area contributed by atoms with Gasteiger partial charge in [-0.2, -0.15) is 0 Å².